The summed E-state index contributed by atoms with van der Waals surface area (Å²) in [5.41, 5.74) is -2.55. The Morgan fingerprint density at radius 1 is 0.667 bits per heavy atom. The van der Waals surface area contributed by atoms with E-state index in [1.54, 1.807) is 0 Å². The van der Waals surface area contributed by atoms with Crippen molar-refractivity contribution in [2.45, 2.75) is 26.2 Å². The summed E-state index contributed by atoms with van der Waals surface area (Å²) in [5, 5.41) is 19.0. The maximum absolute atomic E-state index is 13.5. The van der Waals surface area contributed by atoms with Crippen LogP contribution in [0.4, 0.5) is 26.3 Å². The van der Waals surface area contributed by atoms with E-state index in [0.717, 1.165) is 24.3 Å². The van der Waals surface area contributed by atoms with Crippen LogP contribution in [-0.2, 0) is 12.4 Å². The fraction of sp³-hybridized carbons (Fsp3) is 0.182. The molecule has 172 valence electrons. The predicted octanol–water partition coefficient (Wildman–Crippen LogP) is 6.64. The number of phenols is 2. The maximum Gasteiger partial charge on any atom is 0.417 e. The second-order valence-electron chi connectivity index (χ2n) is 7.30. The van der Waals surface area contributed by atoms with Gasteiger partial charge in [-0.25, -0.2) is 9.97 Å². The minimum absolute atomic E-state index is 0.0866. The van der Waals surface area contributed by atoms with Crippen LogP contribution in [-0.4, -0.2) is 20.2 Å². The van der Waals surface area contributed by atoms with E-state index < -0.39 is 45.8 Å². The van der Waals surface area contributed by atoms with Crippen molar-refractivity contribution in [3.05, 3.63) is 58.9 Å². The second-order valence-corrected chi connectivity index (χ2v) is 7.30. The Bertz CT molecular complexity index is 1310. The molecule has 0 saturated carbocycles. The number of pyridine rings is 2. The van der Waals surface area contributed by atoms with Gasteiger partial charge in [-0.05, 0) is 50.2 Å². The molecule has 4 rings (SSSR count). The lowest BCUT2D eigenvalue weighted by Gasteiger charge is -2.16. The number of phenolic OH excluding ortho intramolecular Hbond substituents is 2. The molecule has 0 atom stereocenters. The summed E-state index contributed by atoms with van der Waals surface area (Å²) in [6.07, 6.45) is -9.50. The molecular weight excluding hydrogens is 454 g/mol. The van der Waals surface area contributed by atoms with E-state index in [1.807, 2.05) is 0 Å². The van der Waals surface area contributed by atoms with E-state index in [4.69, 9.17) is 4.74 Å². The molecule has 0 radical (unpaired) electrons. The van der Waals surface area contributed by atoms with Crippen molar-refractivity contribution in [3.8, 4) is 23.0 Å². The summed E-state index contributed by atoms with van der Waals surface area (Å²) in [7, 11) is 0. The lowest BCUT2D eigenvalue weighted by Crippen LogP contribution is -2.07. The van der Waals surface area contributed by atoms with Crippen LogP contribution in [0.3, 0.4) is 0 Å². The Labute approximate surface area is 181 Å². The molecule has 4 aromatic rings. The van der Waals surface area contributed by atoms with Crippen LogP contribution >= 0.6 is 0 Å². The van der Waals surface area contributed by atoms with Gasteiger partial charge in [0.05, 0.1) is 22.5 Å². The standard InChI is InChI=1S/C22H14F6N2O3/c1-9-17(7-11-13(21(23,24)25)3-5-15(31)19(11)29-9)33-18-8-12-14(22(26,27)28)4-6-16(32)20(12)30-10(18)2/h3-8,31-32H,1-2H3. The highest BCUT2D eigenvalue weighted by molar-refractivity contribution is 5.90. The highest BCUT2D eigenvalue weighted by atomic mass is 19.4. The zero-order valence-electron chi connectivity index (χ0n) is 16.9. The van der Waals surface area contributed by atoms with Gasteiger partial charge in [0.25, 0.3) is 0 Å². The summed E-state index contributed by atoms with van der Waals surface area (Å²) in [4.78, 5) is 7.99. The van der Waals surface area contributed by atoms with Crippen LogP contribution in [0.2, 0.25) is 0 Å². The van der Waals surface area contributed by atoms with Crippen LogP contribution in [0.1, 0.15) is 22.5 Å². The second kappa shape index (κ2) is 7.39. The van der Waals surface area contributed by atoms with Gasteiger partial charge in [-0.15, -0.1) is 0 Å². The van der Waals surface area contributed by atoms with Crippen LogP contribution in [0.5, 0.6) is 23.0 Å². The number of aromatic hydroxyl groups is 2. The molecule has 0 bridgehead atoms. The van der Waals surface area contributed by atoms with Gasteiger partial charge in [0.2, 0.25) is 0 Å². The number of ether oxygens (including phenoxy) is 1. The number of hydrogen-bond donors (Lipinski definition) is 2. The molecule has 2 N–H and O–H groups in total. The zero-order chi connectivity index (χ0) is 24.3. The van der Waals surface area contributed by atoms with Crippen LogP contribution in [0.25, 0.3) is 21.8 Å². The third kappa shape index (κ3) is 3.94. The van der Waals surface area contributed by atoms with Gasteiger partial charge in [0.1, 0.15) is 34.0 Å². The molecule has 0 fully saturated rings. The van der Waals surface area contributed by atoms with Crippen molar-refractivity contribution >= 4 is 21.8 Å². The number of aryl methyl sites for hydroxylation is 2. The Kier molecular flexibility index (Phi) is 5.03. The molecule has 5 nitrogen and oxygen atoms in total. The normalized spacial score (nSPS) is 12.5. The van der Waals surface area contributed by atoms with Gasteiger partial charge in [0.15, 0.2) is 0 Å². The molecule has 0 aliphatic rings. The molecule has 2 aromatic carbocycles. The van der Waals surface area contributed by atoms with E-state index in [9.17, 15) is 36.6 Å². The van der Waals surface area contributed by atoms with Crippen LogP contribution in [0, 0.1) is 13.8 Å². The molecule has 0 unspecified atom stereocenters. The number of rotatable bonds is 2. The molecule has 2 heterocycles. The van der Waals surface area contributed by atoms with E-state index in [2.05, 4.69) is 9.97 Å². The quantitative estimate of drug-likeness (QED) is 0.323. The summed E-state index contributed by atoms with van der Waals surface area (Å²) >= 11 is 0. The van der Waals surface area contributed by atoms with Crippen molar-refractivity contribution < 1.29 is 41.3 Å². The topological polar surface area (TPSA) is 75.5 Å². The van der Waals surface area contributed by atoms with Crippen molar-refractivity contribution in [3.63, 3.8) is 0 Å². The maximum atomic E-state index is 13.5. The van der Waals surface area contributed by atoms with E-state index in [-0.39, 0.29) is 33.9 Å². The van der Waals surface area contributed by atoms with Crippen LogP contribution in [0.15, 0.2) is 36.4 Å². The van der Waals surface area contributed by atoms with Crippen molar-refractivity contribution in [2.24, 2.45) is 0 Å². The van der Waals surface area contributed by atoms with Gasteiger partial charge in [0, 0.05) is 10.8 Å². The smallest absolute Gasteiger partial charge is 0.417 e. The first-order valence-corrected chi connectivity index (χ1v) is 9.36. The number of benzene rings is 2. The third-order valence-electron chi connectivity index (χ3n) is 5.05. The average Bonchev–Trinajstić information content (AvgIpc) is 2.69. The molecule has 11 heteroatoms. The van der Waals surface area contributed by atoms with Gasteiger partial charge < -0.3 is 14.9 Å². The number of fused-ring (bicyclic) bond motifs is 2. The molecule has 0 spiro atoms. The van der Waals surface area contributed by atoms with Gasteiger partial charge in [-0.3, -0.25) is 0 Å². The fourth-order valence-corrected chi connectivity index (χ4v) is 3.46. The number of aromatic nitrogens is 2. The molecule has 2 aromatic heterocycles. The van der Waals surface area contributed by atoms with Crippen LogP contribution < -0.4 is 4.74 Å². The Morgan fingerprint density at radius 3 is 1.36 bits per heavy atom. The summed E-state index contributed by atoms with van der Waals surface area (Å²) in [6.45, 7) is 2.82. The molecule has 0 aliphatic carbocycles. The zero-order valence-corrected chi connectivity index (χ0v) is 16.9. The third-order valence-corrected chi connectivity index (χ3v) is 5.05. The Balaban J connectivity index is 1.92. The lowest BCUT2D eigenvalue weighted by molar-refractivity contribution is -0.137. The SMILES string of the molecule is Cc1nc2c(O)ccc(C(F)(F)F)c2cc1Oc1cc2c(C(F)(F)F)ccc(O)c2nc1C. The summed E-state index contributed by atoms with van der Waals surface area (Å²) < 4.78 is 86.4. The molecule has 33 heavy (non-hydrogen) atoms. The molecular formula is C22H14F6N2O3. The Morgan fingerprint density at radius 2 is 1.03 bits per heavy atom. The average molecular weight is 468 g/mol. The minimum Gasteiger partial charge on any atom is -0.506 e. The van der Waals surface area contributed by atoms with Crippen molar-refractivity contribution in [1.82, 2.24) is 9.97 Å². The molecule has 0 aliphatic heterocycles. The summed E-state index contributed by atoms with van der Waals surface area (Å²) in [6, 6.07) is 5.16. The number of hydrogen-bond acceptors (Lipinski definition) is 5. The largest absolute Gasteiger partial charge is 0.506 e. The molecule has 0 amide bonds. The number of alkyl halides is 6. The number of halogens is 6. The highest BCUT2D eigenvalue weighted by Crippen LogP contribution is 2.42. The fourth-order valence-electron chi connectivity index (χ4n) is 3.46. The van der Waals surface area contributed by atoms with Gasteiger partial charge >= 0.3 is 12.4 Å². The van der Waals surface area contributed by atoms with Gasteiger partial charge in [-0.1, -0.05) is 0 Å². The monoisotopic (exact) mass is 468 g/mol. The first kappa shape index (κ1) is 22.4. The van der Waals surface area contributed by atoms with E-state index in [1.165, 1.54) is 13.8 Å². The highest BCUT2D eigenvalue weighted by Gasteiger charge is 2.35. The van der Waals surface area contributed by atoms with E-state index >= 15 is 0 Å². The van der Waals surface area contributed by atoms with Crippen molar-refractivity contribution in [1.29, 1.82) is 0 Å². The molecule has 0 saturated heterocycles. The first-order chi connectivity index (χ1) is 15.3. The Hall–Kier alpha value is -3.76. The predicted molar refractivity (Wildman–Crippen MR) is 106 cm³/mol. The van der Waals surface area contributed by atoms with Crippen molar-refractivity contribution in [2.75, 3.05) is 0 Å². The van der Waals surface area contributed by atoms with Gasteiger partial charge in [-0.2, -0.15) is 26.3 Å². The summed E-state index contributed by atoms with van der Waals surface area (Å²) in [5.74, 6) is -1.28. The minimum atomic E-state index is -4.75. The number of nitrogens with zero attached hydrogens (tertiary/aromatic N) is 2. The lowest BCUT2D eigenvalue weighted by atomic mass is 10.1. The first-order valence-electron chi connectivity index (χ1n) is 9.36. The van der Waals surface area contributed by atoms with E-state index in [0.29, 0.717) is 12.1 Å².